The number of nitrogens with zero attached hydrogens (tertiary/aromatic N) is 1. The van der Waals surface area contributed by atoms with E-state index < -0.39 is 0 Å². The van der Waals surface area contributed by atoms with Gasteiger partial charge in [-0.05, 0) is 37.8 Å². The van der Waals surface area contributed by atoms with Crippen LogP contribution in [0.1, 0.15) is 37.9 Å². The Labute approximate surface area is 109 Å². The number of pyridine rings is 1. The molecule has 1 saturated heterocycles. The molecule has 0 amide bonds. The third-order valence-electron chi connectivity index (χ3n) is 4.14. The molecular weight excluding hydrogens is 226 g/mol. The van der Waals surface area contributed by atoms with Gasteiger partial charge in [0.1, 0.15) is 0 Å². The highest BCUT2D eigenvalue weighted by molar-refractivity contribution is 5.21. The average molecular weight is 249 g/mol. The van der Waals surface area contributed by atoms with Crippen LogP contribution >= 0.6 is 0 Å². The zero-order chi connectivity index (χ0) is 13.3. The Balaban J connectivity index is 2.28. The van der Waals surface area contributed by atoms with Crippen molar-refractivity contribution in [3.05, 3.63) is 29.6 Å². The van der Waals surface area contributed by atoms with Crippen molar-refractivity contribution in [1.82, 2.24) is 10.4 Å². The number of nitrogens with two attached hydrogens (primary N) is 1. The van der Waals surface area contributed by atoms with Crippen molar-refractivity contribution >= 4 is 0 Å². The van der Waals surface area contributed by atoms with Crippen LogP contribution in [0.3, 0.4) is 0 Å². The summed E-state index contributed by atoms with van der Waals surface area (Å²) < 4.78 is 5.90. The van der Waals surface area contributed by atoms with Crippen LogP contribution < -0.4 is 11.3 Å². The molecule has 1 aromatic heterocycles. The van der Waals surface area contributed by atoms with Crippen molar-refractivity contribution in [2.24, 2.45) is 17.7 Å². The summed E-state index contributed by atoms with van der Waals surface area (Å²) in [6, 6.07) is 2.23. The van der Waals surface area contributed by atoms with Gasteiger partial charge in [0, 0.05) is 18.3 Å². The Kier molecular flexibility index (Phi) is 4.00. The smallest absolute Gasteiger partial charge is 0.0601 e. The van der Waals surface area contributed by atoms with Crippen molar-refractivity contribution in [2.75, 3.05) is 0 Å². The van der Waals surface area contributed by atoms with E-state index in [-0.39, 0.29) is 18.2 Å². The van der Waals surface area contributed by atoms with E-state index in [1.807, 2.05) is 19.3 Å². The van der Waals surface area contributed by atoms with Crippen molar-refractivity contribution in [3.63, 3.8) is 0 Å². The molecule has 0 radical (unpaired) electrons. The maximum absolute atomic E-state index is 5.90. The van der Waals surface area contributed by atoms with Gasteiger partial charge >= 0.3 is 0 Å². The van der Waals surface area contributed by atoms with E-state index in [0.29, 0.717) is 11.8 Å². The first-order valence-corrected chi connectivity index (χ1v) is 6.57. The zero-order valence-corrected chi connectivity index (χ0v) is 11.6. The molecule has 3 N–H and O–H groups in total. The van der Waals surface area contributed by atoms with Gasteiger partial charge in [-0.2, -0.15) is 0 Å². The summed E-state index contributed by atoms with van der Waals surface area (Å²) in [5.41, 5.74) is 5.24. The van der Waals surface area contributed by atoms with E-state index in [9.17, 15) is 0 Å². The van der Waals surface area contributed by atoms with Gasteiger partial charge in [0.25, 0.3) is 0 Å². The van der Waals surface area contributed by atoms with Crippen molar-refractivity contribution in [3.8, 4) is 0 Å². The van der Waals surface area contributed by atoms with E-state index in [1.54, 1.807) is 0 Å². The highest BCUT2D eigenvalue weighted by Crippen LogP contribution is 2.40. The van der Waals surface area contributed by atoms with Crippen molar-refractivity contribution < 1.29 is 4.74 Å². The molecule has 5 atom stereocenters. The molecule has 2 rings (SSSR count). The first kappa shape index (κ1) is 13.5. The standard InChI is InChI=1S/C14H23N3O/c1-8-5-12(7-16-6-8)14(17-15)13-9(2)10(3)18-11(13)4/h5-7,9-11,13-14,17H,15H2,1-4H3. The van der Waals surface area contributed by atoms with Crippen LogP contribution in [0.15, 0.2) is 18.5 Å². The van der Waals surface area contributed by atoms with Crippen molar-refractivity contribution in [1.29, 1.82) is 0 Å². The molecule has 2 heterocycles. The van der Waals surface area contributed by atoms with Crippen LogP contribution in [0.2, 0.25) is 0 Å². The fraction of sp³-hybridized carbons (Fsp3) is 0.643. The zero-order valence-electron chi connectivity index (χ0n) is 11.6. The fourth-order valence-corrected chi connectivity index (χ4v) is 3.05. The normalized spacial score (nSPS) is 33.6. The van der Waals surface area contributed by atoms with Gasteiger partial charge in [0.05, 0.1) is 18.2 Å². The minimum atomic E-state index is 0.0901. The first-order chi connectivity index (χ1) is 8.54. The molecule has 5 unspecified atom stereocenters. The summed E-state index contributed by atoms with van der Waals surface area (Å²) >= 11 is 0. The van der Waals surface area contributed by atoms with Gasteiger partial charge in [-0.15, -0.1) is 0 Å². The second kappa shape index (κ2) is 5.34. The molecule has 0 aliphatic carbocycles. The van der Waals surface area contributed by atoms with E-state index in [2.05, 4.69) is 37.2 Å². The quantitative estimate of drug-likeness (QED) is 0.635. The van der Waals surface area contributed by atoms with Crippen LogP contribution in [0.4, 0.5) is 0 Å². The molecule has 4 nitrogen and oxygen atoms in total. The van der Waals surface area contributed by atoms with Gasteiger partial charge in [-0.1, -0.05) is 13.0 Å². The van der Waals surface area contributed by atoms with Crippen LogP contribution in [0.5, 0.6) is 0 Å². The molecule has 0 bridgehead atoms. The number of hydrogen-bond donors (Lipinski definition) is 2. The Morgan fingerprint density at radius 1 is 1.28 bits per heavy atom. The highest BCUT2D eigenvalue weighted by Gasteiger charge is 2.41. The number of aryl methyl sites for hydroxylation is 1. The van der Waals surface area contributed by atoms with Gasteiger partial charge in [0.15, 0.2) is 0 Å². The third kappa shape index (κ3) is 2.41. The molecule has 0 saturated carbocycles. The van der Waals surface area contributed by atoms with Crippen LogP contribution in [0.25, 0.3) is 0 Å². The lowest BCUT2D eigenvalue weighted by molar-refractivity contribution is 0.0475. The highest BCUT2D eigenvalue weighted by atomic mass is 16.5. The molecule has 1 aliphatic heterocycles. The van der Waals surface area contributed by atoms with E-state index in [4.69, 9.17) is 10.6 Å². The van der Waals surface area contributed by atoms with Gasteiger partial charge < -0.3 is 4.74 Å². The summed E-state index contributed by atoms with van der Waals surface area (Å²) in [4.78, 5) is 4.26. The summed E-state index contributed by atoms with van der Waals surface area (Å²) in [6.07, 6.45) is 4.23. The van der Waals surface area contributed by atoms with E-state index >= 15 is 0 Å². The lowest BCUT2D eigenvalue weighted by atomic mass is 9.81. The summed E-state index contributed by atoms with van der Waals surface area (Å²) in [5.74, 6) is 6.61. The molecule has 0 spiro atoms. The summed E-state index contributed by atoms with van der Waals surface area (Å²) in [5, 5.41) is 0. The maximum atomic E-state index is 5.90. The van der Waals surface area contributed by atoms with Crippen LogP contribution in [-0.2, 0) is 4.74 Å². The number of rotatable bonds is 3. The Morgan fingerprint density at radius 3 is 2.50 bits per heavy atom. The molecule has 0 aromatic carbocycles. The minimum absolute atomic E-state index is 0.0901. The number of aromatic nitrogens is 1. The first-order valence-electron chi connectivity index (χ1n) is 6.57. The molecule has 1 aliphatic rings. The molecule has 1 fully saturated rings. The van der Waals surface area contributed by atoms with Gasteiger partial charge in [-0.25, -0.2) is 0 Å². The topological polar surface area (TPSA) is 60.2 Å². The Bertz CT molecular complexity index is 410. The van der Waals surface area contributed by atoms with Crippen molar-refractivity contribution in [2.45, 2.75) is 45.9 Å². The summed E-state index contributed by atoms with van der Waals surface area (Å²) in [6.45, 7) is 8.53. The molecular formula is C14H23N3O. The minimum Gasteiger partial charge on any atom is -0.375 e. The van der Waals surface area contributed by atoms with Gasteiger partial charge in [-0.3, -0.25) is 16.3 Å². The van der Waals surface area contributed by atoms with Gasteiger partial charge in [0.2, 0.25) is 0 Å². The summed E-state index contributed by atoms with van der Waals surface area (Å²) in [7, 11) is 0. The Hall–Kier alpha value is -0.970. The Morgan fingerprint density at radius 2 is 2.00 bits per heavy atom. The largest absolute Gasteiger partial charge is 0.375 e. The predicted octanol–water partition coefficient (Wildman–Crippen LogP) is 1.95. The molecule has 4 heteroatoms. The van der Waals surface area contributed by atoms with E-state index in [1.165, 1.54) is 0 Å². The SMILES string of the molecule is Cc1cncc(C(NN)C2C(C)OC(C)C2C)c1. The third-order valence-corrected chi connectivity index (χ3v) is 4.14. The lowest BCUT2D eigenvalue weighted by Gasteiger charge is -2.28. The number of hydrazine groups is 1. The maximum Gasteiger partial charge on any atom is 0.0601 e. The number of hydrogen-bond acceptors (Lipinski definition) is 4. The monoisotopic (exact) mass is 249 g/mol. The number of nitrogens with one attached hydrogen (secondary N) is 1. The molecule has 18 heavy (non-hydrogen) atoms. The van der Waals surface area contributed by atoms with E-state index in [0.717, 1.165) is 11.1 Å². The number of ether oxygens (including phenoxy) is 1. The lowest BCUT2D eigenvalue weighted by Crippen LogP contribution is -2.38. The second-order valence-corrected chi connectivity index (χ2v) is 5.42. The average Bonchev–Trinajstić information content (AvgIpc) is 2.57. The molecule has 1 aromatic rings. The molecule has 100 valence electrons. The van der Waals surface area contributed by atoms with Crippen LogP contribution in [0, 0.1) is 18.8 Å². The second-order valence-electron chi connectivity index (χ2n) is 5.42. The fourth-order valence-electron chi connectivity index (χ4n) is 3.05. The van der Waals surface area contributed by atoms with Crippen LogP contribution in [-0.4, -0.2) is 17.2 Å². The predicted molar refractivity (Wildman–Crippen MR) is 71.7 cm³/mol.